The van der Waals surface area contributed by atoms with Gasteiger partial charge in [-0.25, -0.2) is 0 Å². The maximum absolute atomic E-state index is 10.9. The van der Waals surface area contributed by atoms with Crippen molar-refractivity contribution in [3.05, 3.63) is 47.5 Å². The summed E-state index contributed by atoms with van der Waals surface area (Å²) in [5, 5.41) is 1.66. The first-order valence-electron chi connectivity index (χ1n) is 4.29. The first-order valence-corrected chi connectivity index (χ1v) is 4.66. The van der Waals surface area contributed by atoms with Gasteiger partial charge in [0.15, 0.2) is 0 Å². The summed E-state index contributed by atoms with van der Waals surface area (Å²) in [6.45, 7) is 1.99. The molecule has 0 spiro atoms. The first-order chi connectivity index (χ1) is 6.66. The molecule has 1 nitrogen and oxygen atoms in total. The zero-order valence-electron chi connectivity index (χ0n) is 8.25. The molecule has 2 aromatic rings. The Morgan fingerprint density at radius 2 is 2.00 bits per heavy atom. The van der Waals surface area contributed by atoms with Gasteiger partial charge < -0.3 is 0 Å². The second-order valence-electron chi connectivity index (χ2n) is 3.23. The minimum absolute atomic E-state index is 0. The molecule has 2 aromatic carbocycles. The number of hydrogen-bond acceptors (Lipinski definition) is 1. The Kier molecular flexibility index (Phi) is 4.45. The molecule has 0 unspecified atom stereocenters. The van der Waals surface area contributed by atoms with Crippen LogP contribution < -0.4 is 0 Å². The number of aryl methyl sites for hydroxylation is 1. The summed E-state index contributed by atoms with van der Waals surface area (Å²) < 4.78 is 0. The van der Waals surface area contributed by atoms with Crippen molar-refractivity contribution in [3.63, 3.8) is 0 Å². The van der Waals surface area contributed by atoms with Gasteiger partial charge in [-0.15, -0.1) is 10.8 Å². The van der Waals surface area contributed by atoms with Crippen LogP contribution in [0.3, 0.4) is 0 Å². The Morgan fingerprint density at radius 3 is 2.67 bits per heavy atom. The van der Waals surface area contributed by atoms with E-state index < -0.39 is 5.24 Å². The Balaban J connectivity index is 0.00000112. The molecule has 15 heavy (non-hydrogen) atoms. The minimum Gasteiger partial charge on any atom is -0.276 e. The SMILES string of the molecule is Cc1[c-]cc2cc(C(=O)Cl)ccc2c1.[Y]. The Labute approximate surface area is 119 Å². The van der Waals surface area contributed by atoms with Crippen LogP contribution in [-0.2, 0) is 32.7 Å². The maximum Gasteiger partial charge on any atom is 0.251 e. The zero-order chi connectivity index (χ0) is 10.1. The number of hydrogen-bond donors (Lipinski definition) is 0. The molecule has 0 amide bonds. The van der Waals surface area contributed by atoms with Gasteiger partial charge in [-0.3, -0.25) is 4.79 Å². The van der Waals surface area contributed by atoms with E-state index in [9.17, 15) is 4.79 Å². The average molecular weight is 293 g/mol. The van der Waals surface area contributed by atoms with E-state index in [2.05, 4.69) is 6.07 Å². The molecule has 2 rings (SSSR count). The topological polar surface area (TPSA) is 17.1 Å². The van der Waals surface area contributed by atoms with Crippen LogP contribution in [0.15, 0.2) is 30.3 Å². The fraction of sp³-hybridized carbons (Fsp3) is 0.0833. The summed E-state index contributed by atoms with van der Waals surface area (Å²) >= 11 is 5.39. The molecular weight excluding hydrogens is 284 g/mol. The van der Waals surface area contributed by atoms with Crippen molar-refractivity contribution in [2.45, 2.75) is 6.92 Å². The molecule has 1 radical (unpaired) electrons. The van der Waals surface area contributed by atoms with E-state index in [1.165, 1.54) is 0 Å². The van der Waals surface area contributed by atoms with Crippen LogP contribution in [0.5, 0.6) is 0 Å². The van der Waals surface area contributed by atoms with Crippen molar-refractivity contribution in [3.8, 4) is 0 Å². The Hall–Kier alpha value is -0.236. The number of halogens is 1. The van der Waals surface area contributed by atoms with Crippen LogP contribution in [0.25, 0.3) is 10.8 Å². The summed E-state index contributed by atoms with van der Waals surface area (Å²) in [6.07, 6.45) is 0. The van der Waals surface area contributed by atoms with Crippen molar-refractivity contribution < 1.29 is 37.5 Å². The quantitative estimate of drug-likeness (QED) is 0.582. The van der Waals surface area contributed by atoms with Crippen molar-refractivity contribution in [1.82, 2.24) is 0 Å². The molecule has 73 valence electrons. The first kappa shape index (κ1) is 12.8. The predicted molar refractivity (Wildman–Crippen MR) is 57.7 cm³/mol. The molecule has 0 N–H and O–H groups in total. The van der Waals surface area contributed by atoms with Gasteiger partial charge in [-0.1, -0.05) is 25.1 Å². The smallest absolute Gasteiger partial charge is 0.251 e. The normalized spacial score (nSPS) is 9.73. The van der Waals surface area contributed by atoms with Gasteiger partial charge in [0.05, 0.1) is 0 Å². The van der Waals surface area contributed by atoms with Crippen LogP contribution in [0.1, 0.15) is 15.9 Å². The van der Waals surface area contributed by atoms with Crippen LogP contribution in [-0.4, -0.2) is 5.24 Å². The molecule has 0 aromatic heterocycles. The average Bonchev–Trinajstić information content (AvgIpc) is 2.16. The molecule has 0 atom stereocenters. The summed E-state index contributed by atoms with van der Waals surface area (Å²) in [4.78, 5) is 10.9. The molecule has 0 fully saturated rings. The predicted octanol–water partition coefficient (Wildman–Crippen LogP) is 3.32. The molecule has 3 heteroatoms. The fourth-order valence-corrected chi connectivity index (χ4v) is 1.54. The maximum atomic E-state index is 10.9. The summed E-state index contributed by atoms with van der Waals surface area (Å²) in [5.74, 6) is 0. The number of carbonyl (C=O) groups excluding carboxylic acids is 1. The fourth-order valence-electron chi connectivity index (χ4n) is 1.42. The molecule has 0 aliphatic rings. The molecule has 0 saturated heterocycles. The van der Waals surface area contributed by atoms with Gasteiger partial charge in [0.1, 0.15) is 0 Å². The van der Waals surface area contributed by atoms with Crippen LogP contribution >= 0.6 is 11.6 Å². The zero-order valence-corrected chi connectivity index (χ0v) is 11.8. The van der Waals surface area contributed by atoms with E-state index in [0.29, 0.717) is 5.56 Å². The number of fused-ring (bicyclic) bond motifs is 1. The van der Waals surface area contributed by atoms with Gasteiger partial charge in [-0.2, -0.15) is 23.8 Å². The van der Waals surface area contributed by atoms with E-state index in [0.717, 1.165) is 16.3 Å². The molecule has 0 aliphatic heterocycles. The summed E-state index contributed by atoms with van der Waals surface area (Å²) in [6, 6.07) is 12.4. The molecule has 0 heterocycles. The van der Waals surface area contributed by atoms with Crippen molar-refractivity contribution in [2.24, 2.45) is 0 Å². The third-order valence-corrected chi connectivity index (χ3v) is 2.36. The largest absolute Gasteiger partial charge is 0.276 e. The van der Waals surface area contributed by atoms with E-state index in [1.54, 1.807) is 12.1 Å². The number of benzene rings is 2. The van der Waals surface area contributed by atoms with Gasteiger partial charge in [0, 0.05) is 38.3 Å². The molecule has 0 aliphatic carbocycles. The van der Waals surface area contributed by atoms with Gasteiger partial charge in [-0.05, 0) is 11.6 Å². The summed E-state index contributed by atoms with van der Waals surface area (Å²) in [5.41, 5.74) is 1.61. The van der Waals surface area contributed by atoms with Gasteiger partial charge >= 0.3 is 0 Å². The molecular formula is C12H8ClOY-. The van der Waals surface area contributed by atoms with Crippen molar-refractivity contribution in [1.29, 1.82) is 0 Å². The minimum atomic E-state index is -0.424. The van der Waals surface area contributed by atoms with E-state index in [4.69, 9.17) is 11.6 Å². The number of rotatable bonds is 1. The second kappa shape index (κ2) is 5.20. The van der Waals surface area contributed by atoms with Gasteiger partial charge in [0.2, 0.25) is 0 Å². The van der Waals surface area contributed by atoms with Gasteiger partial charge in [0.25, 0.3) is 5.24 Å². The van der Waals surface area contributed by atoms with E-state index in [1.807, 2.05) is 25.1 Å². The Morgan fingerprint density at radius 1 is 1.27 bits per heavy atom. The third-order valence-electron chi connectivity index (χ3n) is 2.14. The van der Waals surface area contributed by atoms with Crippen LogP contribution in [0.2, 0.25) is 0 Å². The summed E-state index contributed by atoms with van der Waals surface area (Å²) in [7, 11) is 0. The van der Waals surface area contributed by atoms with Crippen molar-refractivity contribution >= 4 is 27.6 Å². The monoisotopic (exact) mass is 292 g/mol. The number of carbonyl (C=O) groups is 1. The van der Waals surface area contributed by atoms with Crippen LogP contribution in [0.4, 0.5) is 0 Å². The standard InChI is InChI=1S/C12H8ClO.Y/c1-8-2-3-10-7-11(12(13)14)5-4-9(10)6-8;/h3-7H,1H3;/q-1;. The molecule has 0 saturated carbocycles. The van der Waals surface area contributed by atoms with Crippen LogP contribution in [0, 0.1) is 13.0 Å². The molecule has 0 bridgehead atoms. The second-order valence-corrected chi connectivity index (χ2v) is 3.58. The van der Waals surface area contributed by atoms with E-state index >= 15 is 0 Å². The Bertz CT molecular complexity index is 508. The van der Waals surface area contributed by atoms with Crippen molar-refractivity contribution in [2.75, 3.05) is 0 Å². The van der Waals surface area contributed by atoms with E-state index in [-0.39, 0.29) is 32.7 Å². The third kappa shape index (κ3) is 2.87.